The molecule has 0 spiro atoms. The zero-order chi connectivity index (χ0) is 60.7. The molecule has 0 N–H and O–H groups in total. The topological polar surface area (TPSA) is 73.8 Å². The van der Waals surface area contributed by atoms with E-state index in [2.05, 4.69) is 207 Å². The van der Waals surface area contributed by atoms with Crippen molar-refractivity contribution in [3.8, 4) is 46.7 Å². The number of benzene rings is 5. The first-order valence-electron chi connectivity index (χ1n) is 32.8. The molecule has 2 fully saturated rings. The van der Waals surface area contributed by atoms with Crippen molar-refractivity contribution in [1.29, 1.82) is 0 Å². The molecule has 2 saturated heterocycles. The average molecular weight is 1140 g/mol. The van der Waals surface area contributed by atoms with Crippen molar-refractivity contribution in [3.63, 3.8) is 0 Å². The van der Waals surface area contributed by atoms with Crippen LogP contribution in [0.15, 0.2) is 72.8 Å². The molecule has 7 rings (SSSR count). The van der Waals surface area contributed by atoms with Gasteiger partial charge in [0, 0.05) is 22.3 Å². The van der Waals surface area contributed by atoms with Crippen molar-refractivity contribution >= 4 is 46.7 Å². The van der Waals surface area contributed by atoms with Gasteiger partial charge in [-0.05, 0) is 174 Å². The summed E-state index contributed by atoms with van der Waals surface area (Å²) >= 11 is 0. The lowest BCUT2D eigenvalue weighted by Gasteiger charge is -2.32. The van der Waals surface area contributed by atoms with Crippen molar-refractivity contribution in [1.82, 2.24) is 0 Å². The normalized spacial score (nSPS) is 17.3. The van der Waals surface area contributed by atoms with Crippen molar-refractivity contribution in [2.24, 2.45) is 23.7 Å². The van der Waals surface area contributed by atoms with E-state index in [1.165, 1.54) is 51.4 Å². The summed E-state index contributed by atoms with van der Waals surface area (Å²) < 4.78 is 53.7. The van der Waals surface area contributed by atoms with E-state index in [-0.39, 0.29) is 0 Å². The molecule has 5 aromatic carbocycles. The van der Waals surface area contributed by atoms with Crippen molar-refractivity contribution in [3.05, 3.63) is 95.1 Å². The molecule has 4 unspecified atom stereocenters. The Morgan fingerprint density at radius 3 is 0.940 bits per heavy atom. The number of hydrogen-bond donors (Lipinski definition) is 0. The minimum Gasteiger partial charge on any atom is -0.489 e. The zero-order valence-electron chi connectivity index (χ0n) is 54.8. The van der Waals surface area contributed by atoms with E-state index in [0.717, 1.165) is 129 Å². The summed E-state index contributed by atoms with van der Waals surface area (Å²) in [5.74, 6) is 19.7. The molecular weight excluding hydrogens is 1040 g/mol. The Morgan fingerprint density at radius 2 is 0.655 bits per heavy atom. The summed E-state index contributed by atoms with van der Waals surface area (Å²) in [6.07, 6.45) is 18.3. The Kier molecular flexibility index (Phi) is 24.1. The molecule has 2 aliphatic rings. The standard InChI is InChI=1S/C74H104B2O8/c1-17-25-29-53(21-5)49-77-67-43-35-57(45-69(67)79-51-55(23-7)31-27-19-3)33-39-61-63-41-37-60(76-83-73(13,14)74(15,16)84-76)48-66(63)62(64-42-38-59(47-65(61)64)75-81-71(9,10)72(11,12)82-75)40-34-58-36-44-68(78-50-54(22-6)30-26-18-2)70(46-58)80-52-56(24-8)32-28-20-4/h35-38,41-48,53-56H,17-32,49-52H2,1-16H3. The maximum Gasteiger partial charge on any atom is 0.494 e. The van der Waals surface area contributed by atoms with Gasteiger partial charge in [-0.1, -0.05) is 193 Å². The van der Waals surface area contributed by atoms with Crippen LogP contribution in [0.1, 0.15) is 236 Å². The van der Waals surface area contributed by atoms with Crippen molar-refractivity contribution in [2.75, 3.05) is 26.4 Å². The van der Waals surface area contributed by atoms with Crippen LogP contribution < -0.4 is 29.9 Å². The third-order valence-corrected chi connectivity index (χ3v) is 18.8. The highest BCUT2D eigenvalue weighted by Gasteiger charge is 2.53. The lowest BCUT2D eigenvalue weighted by molar-refractivity contribution is 0.00578. The lowest BCUT2D eigenvalue weighted by atomic mass is 9.75. The number of ether oxygens (including phenoxy) is 4. The van der Waals surface area contributed by atoms with Crippen LogP contribution in [0, 0.1) is 47.4 Å². The van der Waals surface area contributed by atoms with Crippen molar-refractivity contribution < 1.29 is 37.6 Å². The van der Waals surface area contributed by atoms with Gasteiger partial charge in [0.25, 0.3) is 0 Å². The fraction of sp³-hybridized carbons (Fsp3) is 0.595. The zero-order valence-corrected chi connectivity index (χ0v) is 54.8. The highest BCUT2D eigenvalue weighted by atomic mass is 16.7. The largest absolute Gasteiger partial charge is 0.494 e. The van der Waals surface area contributed by atoms with Crippen LogP contribution in [0.4, 0.5) is 0 Å². The fourth-order valence-corrected chi connectivity index (χ4v) is 11.1. The maximum absolute atomic E-state index is 6.77. The predicted molar refractivity (Wildman–Crippen MR) is 353 cm³/mol. The number of rotatable bonds is 30. The molecule has 10 heteroatoms. The van der Waals surface area contributed by atoms with E-state index in [0.29, 0.717) is 50.1 Å². The number of hydrogen-bond acceptors (Lipinski definition) is 8. The van der Waals surface area contributed by atoms with Crippen LogP contribution in [0.25, 0.3) is 21.5 Å². The molecule has 2 heterocycles. The SMILES string of the molecule is CCCCC(CC)COc1ccc(C#Cc2c3ccc(B4OC(C)(C)C(C)(C)O4)cc3c(C#Cc3ccc(OCC(CC)CCCC)c(OCC(CC)CCCC)c3)c3ccc(B4OC(C)(C)C(C)(C)O4)cc23)cc1OCC(CC)CCCC. The van der Waals surface area contributed by atoms with Gasteiger partial charge < -0.3 is 37.6 Å². The smallest absolute Gasteiger partial charge is 0.489 e. The summed E-state index contributed by atoms with van der Waals surface area (Å²) in [6.45, 7) is 37.4. The predicted octanol–water partition coefficient (Wildman–Crippen LogP) is 17.8. The van der Waals surface area contributed by atoms with E-state index >= 15 is 0 Å². The average Bonchev–Trinajstić information content (AvgIpc) is 1.83. The third kappa shape index (κ3) is 16.7. The molecule has 454 valence electrons. The summed E-state index contributed by atoms with van der Waals surface area (Å²) in [6, 6.07) is 25.4. The maximum atomic E-state index is 6.77. The van der Waals surface area contributed by atoms with E-state index in [1.807, 2.05) is 0 Å². The van der Waals surface area contributed by atoms with Gasteiger partial charge in [-0.25, -0.2) is 0 Å². The molecule has 5 aromatic rings. The molecule has 0 amide bonds. The Labute approximate surface area is 509 Å². The number of unbranched alkanes of at least 4 members (excludes halogenated alkanes) is 4. The van der Waals surface area contributed by atoms with Crippen LogP contribution in [0.3, 0.4) is 0 Å². The van der Waals surface area contributed by atoms with Gasteiger partial charge in [-0.15, -0.1) is 0 Å². The highest BCUT2D eigenvalue weighted by molar-refractivity contribution is 6.63. The Bertz CT molecular complexity index is 2830. The highest BCUT2D eigenvalue weighted by Crippen LogP contribution is 2.40. The van der Waals surface area contributed by atoms with E-state index < -0.39 is 36.6 Å². The first-order chi connectivity index (χ1) is 40.2. The van der Waals surface area contributed by atoms with E-state index in [9.17, 15) is 0 Å². The molecule has 2 aliphatic heterocycles. The summed E-state index contributed by atoms with van der Waals surface area (Å²) in [4.78, 5) is 0. The van der Waals surface area contributed by atoms with Crippen LogP contribution in [0.5, 0.6) is 23.0 Å². The molecule has 0 saturated carbocycles. The van der Waals surface area contributed by atoms with Crippen LogP contribution in [-0.4, -0.2) is 63.1 Å². The quantitative estimate of drug-likeness (QED) is 0.0256. The van der Waals surface area contributed by atoms with Crippen LogP contribution >= 0.6 is 0 Å². The molecule has 0 bridgehead atoms. The van der Waals surface area contributed by atoms with Gasteiger partial charge in [0.2, 0.25) is 0 Å². The minimum absolute atomic E-state index is 0.455. The minimum atomic E-state index is -0.588. The molecule has 0 aromatic heterocycles. The summed E-state index contributed by atoms with van der Waals surface area (Å²) in [5, 5.41) is 3.82. The summed E-state index contributed by atoms with van der Waals surface area (Å²) in [5.41, 5.74) is 3.12. The van der Waals surface area contributed by atoms with Gasteiger partial charge in [-0.3, -0.25) is 0 Å². The van der Waals surface area contributed by atoms with E-state index in [1.54, 1.807) is 0 Å². The second-order valence-corrected chi connectivity index (χ2v) is 26.3. The second kappa shape index (κ2) is 30.5. The fourth-order valence-electron chi connectivity index (χ4n) is 11.1. The first-order valence-corrected chi connectivity index (χ1v) is 32.8. The summed E-state index contributed by atoms with van der Waals surface area (Å²) in [7, 11) is -1.18. The van der Waals surface area contributed by atoms with Crippen LogP contribution in [-0.2, 0) is 18.6 Å². The number of fused-ring (bicyclic) bond motifs is 2. The van der Waals surface area contributed by atoms with Gasteiger partial charge >= 0.3 is 14.2 Å². The Balaban J connectivity index is 1.42. The Morgan fingerprint density at radius 1 is 0.357 bits per heavy atom. The third-order valence-electron chi connectivity index (χ3n) is 18.8. The van der Waals surface area contributed by atoms with Gasteiger partial charge in [0.05, 0.1) is 48.8 Å². The lowest BCUT2D eigenvalue weighted by Crippen LogP contribution is -2.41. The molecular formula is C74H104B2O8. The second-order valence-electron chi connectivity index (χ2n) is 26.3. The molecule has 0 radical (unpaired) electrons. The molecule has 84 heavy (non-hydrogen) atoms. The molecule has 0 aliphatic carbocycles. The van der Waals surface area contributed by atoms with Gasteiger partial charge in [0.1, 0.15) is 0 Å². The Hall–Kier alpha value is -5.09. The molecule has 4 atom stereocenters. The van der Waals surface area contributed by atoms with Crippen molar-refractivity contribution in [2.45, 2.75) is 236 Å². The monoisotopic (exact) mass is 1140 g/mol. The van der Waals surface area contributed by atoms with Gasteiger partial charge in [0.15, 0.2) is 23.0 Å². The molecule has 8 nitrogen and oxygen atoms in total. The first kappa shape index (κ1) is 66.4. The van der Waals surface area contributed by atoms with Gasteiger partial charge in [-0.2, -0.15) is 0 Å². The van der Waals surface area contributed by atoms with E-state index in [4.69, 9.17) is 37.6 Å². The van der Waals surface area contributed by atoms with Crippen LogP contribution in [0.2, 0.25) is 0 Å².